The minimum absolute atomic E-state index is 0.0668. The van der Waals surface area contributed by atoms with Crippen molar-refractivity contribution >= 4 is 0 Å². The van der Waals surface area contributed by atoms with Gasteiger partial charge >= 0.3 is 0 Å². The molecule has 0 saturated carbocycles. The first-order valence-electron chi connectivity index (χ1n) is 7.03. The lowest BCUT2D eigenvalue weighted by atomic mass is 9.81. The van der Waals surface area contributed by atoms with E-state index in [4.69, 9.17) is 15.2 Å². The molecule has 1 fully saturated rings. The average molecular weight is 264 g/mol. The largest absolute Gasteiger partial charge is 0.492 e. The zero-order chi connectivity index (χ0) is 14.0. The third-order valence-electron chi connectivity index (χ3n) is 4.16. The molecule has 0 bridgehead atoms. The van der Waals surface area contributed by atoms with Gasteiger partial charge < -0.3 is 15.2 Å². The highest BCUT2D eigenvalue weighted by Gasteiger charge is 2.40. The van der Waals surface area contributed by atoms with Crippen LogP contribution in [0.4, 0.5) is 0 Å². The normalized spacial score (nSPS) is 32.3. The van der Waals surface area contributed by atoms with Gasteiger partial charge in [0.1, 0.15) is 5.75 Å². The van der Waals surface area contributed by atoms with Gasteiger partial charge in [-0.3, -0.25) is 4.98 Å². The fourth-order valence-corrected chi connectivity index (χ4v) is 3.00. The zero-order valence-corrected chi connectivity index (χ0v) is 12.2. The van der Waals surface area contributed by atoms with Crippen molar-refractivity contribution in [1.82, 2.24) is 4.98 Å². The Labute approximate surface area is 115 Å². The van der Waals surface area contributed by atoms with Crippen LogP contribution in [0.2, 0.25) is 0 Å². The van der Waals surface area contributed by atoms with Gasteiger partial charge in [-0.25, -0.2) is 0 Å². The quantitative estimate of drug-likeness (QED) is 0.908. The molecule has 1 aromatic heterocycles. The third-order valence-corrected chi connectivity index (χ3v) is 4.16. The summed E-state index contributed by atoms with van der Waals surface area (Å²) in [5, 5.41) is 0. The molecule has 19 heavy (non-hydrogen) atoms. The maximum absolute atomic E-state index is 6.43. The molecule has 2 N–H and O–H groups in total. The first-order chi connectivity index (χ1) is 9.04. The van der Waals surface area contributed by atoms with E-state index in [-0.39, 0.29) is 18.2 Å². The number of ether oxygens (including phenoxy) is 2. The zero-order valence-electron chi connectivity index (χ0n) is 12.2. The molecular formula is C15H24N2O2. The maximum atomic E-state index is 6.43. The van der Waals surface area contributed by atoms with E-state index in [1.54, 1.807) is 6.20 Å². The number of pyridine rings is 1. The molecular weight excluding hydrogens is 240 g/mol. The van der Waals surface area contributed by atoms with E-state index >= 15 is 0 Å². The molecule has 4 nitrogen and oxygen atoms in total. The Morgan fingerprint density at radius 1 is 1.32 bits per heavy atom. The number of hydrogen-bond donors (Lipinski definition) is 1. The topological polar surface area (TPSA) is 57.4 Å². The van der Waals surface area contributed by atoms with Crippen LogP contribution in [0.1, 0.15) is 39.3 Å². The molecule has 0 radical (unpaired) electrons. The predicted molar refractivity (Wildman–Crippen MR) is 75.0 cm³/mol. The molecule has 1 aliphatic rings. The lowest BCUT2D eigenvalue weighted by Gasteiger charge is -2.26. The van der Waals surface area contributed by atoms with Crippen LogP contribution in [0.3, 0.4) is 0 Å². The Bertz CT molecular complexity index is 424. The van der Waals surface area contributed by atoms with Crippen molar-refractivity contribution in [3.05, 3.63) is 24.0 Å². The van der Waals surface area contributed by atoms with Crippen LogP contribution in [-0.4, -0.2) is 23.8 Å². The maximum Gasteiger partial charge on any atom is 0.137 e. The van der Waals surface area contributed by atoms with E-state index in [9.17, 15) is 0 Å². The SMILES string of the molecule is CCOc1cncc(C(N)C2C(C)OC(C)C2C)c1. The highest BCUT2D eigenvalue weighted by Crippen LogP contribution is 2.39. The third kappa shape index (κ3) is 2.90. The Hall–Kier alpha value is -1.13. The minimum atomic E-state index is -0.0668. The van der Waals surface area contributed by atoms with E-state index in [1.165, 1.54) is 0 Å². The molecule has 0 aliphatic carbocycles. The first-order valence-corrected chi connectivity index (χ1v) is 7.03. The van der Waals surface area contributed by atoms with Crippen LogP contribution in [0, 0.1) is 11.8 Å². The van der Waals surface area contributed by atoms with E-state index in [0.717, 1.165) is 11.3 Å². The predicted octanol–water partition coefficient (Wildman–Crippen LogP) is 2.54. The van der Waals surface area contributed by atoms with E-state index in [1.807, 2.05) is 19.2 Å². The summed E-state index contributed by atoms with van der Waals surface area (Å²) in [6.07, 6.45) is 3.99. The molecule has 2 rings (SSSR count). The molecule has 4 heteroatoms. The van der Waals surface area contributed by atoms with Crippen LogP contribution in [-0.2, 0) is 4.74 Å². The molecule has 1 aliphatic heterocycles. The fourth-order valence-electron chi connectivity index (χ4n) is 3.00. The molecule has 1 saturated heterocycles. The van der Waals surface area contributed by atoms with Crippen molar-refractivity contribution in [3.8, 4) is 5.75 Å². The molecule has 106 valence electrons. The van der Waals surface area contributed by atoms with E-state index < -0.39 is 0 Å². The number of nitrogens with zero attached hydrogens (tertiary/aromatic N) is 1. The number of rotatable bonds is 4. The van der Waals surface area contributed by atoms with Crippen molar-refractivity contribution in [1.29, 1.82) is 0 Å². The van der Waals surface area contributed by atoms with Crippen LogP contribution < -0.4 is 10.5 Å². The lowest BCUT2D eigenvalue weighted by Crippen LogP contribution is -2.30. The fraction of sp³-hybridized carbons (Fsp3) is 0.667. The van der Waals surface area contributed by atoms with Gasteiger partial charge in [-0.05, 0) is 38.3 Å². The van der Waals surface area contributed by atoms with Crippen molar-refractivity contribution in [3.63, 3.8) is 0 Å². The number of aromatic nitrogens is 1. The van der Waals surface area contributed by atoms with Gasteiger partial charge in [0.15, 0.2) is 0 Å². The molecule has 5 atom stereocenters. The monoisotopic (exact) mass is 264 g/mol. The smallest absolute Gasteiger partial charge is 0.137 e. The van der Waals surface area contributed by atoms with E-state index in [0.29, 0.717) is 18.4 Å². The summed E-state index contributed by atoms with van der Waals surface area (Å²) in [5.74, 6) is 1.54. The summed E-state index contributed by atoms with van der Waals surface area (Å²) in [6.45, 7) is 9.02. The second-order valence-electron chi connectivity index (χ2n) is 5.40. The Kier molecular flexibility index (Phi) is 4.42. The number of nitrogens with two attached hydrogens (primary N) is 1. The molecule has 0 aromatic carbocycles. The summed E-state index contributed by atoms with van der Waals surface area (Å²) >= 11 is 0. The van der Waals surface area contributed by atoms with Crippen molar-refractivity contribution in [2.45, 2.75) is 45.9 Å². The summed E-state index contributed by atoms with van der Waals surface area (Å²) in [7, 11) is 0. The lowest BCUT2D eigenvalue weighted by molar-refractivity contribution is 0.0489. The Morgan fingerprint density at radius 3 is 2.63 bits per heavy atom. The summed E-state index contributed by atoms with van der Waals surface area (Å²) < 4.78 is 11.4. The summed E-state index contributed by atoms with van der Waals surface area (Å²) in [6, 6.07) is 1.92. The second kappa shape index (κ2) is 5.88. The van der Waals surface area contributed by atoms with E-state index in [2.05, 4.69) is 25.8 Å². The Balaban J connectivity index is 2.19. The highest BCUT2D eigenvalue weighted by atomic mass is 16.5. The van der Waals surface area contributed by atoms with Crippen LogP contribution in [0.15, 0.2) is 18.5 Å². The molecule has 1 aromatic rings. The van der Waals surface area contributed by atoms with Crippen molar-refractivity contribution < 1.29 is 9.47 Å². The molecule has 0 amide bonds. The van der Waals surface area contributed by atoms with Crippen LogP contribution >= 0.6 is 0 Å². The number of hydrogen-bond acceptors (Lipinski definition) is 4. The first kappa shape index (κ1) is 14.3. The second-order valence-corrected chi connectivity index (χ2v) is 5.40. The average Bonchev–Trinajstić information content (AvgIpc) is 2.63. The van der Waals surface area contributed by atoms with Crippen LogP contribution in [0.25, 0.3) is 0 Å². The summed E-state index contributed by atoms with van der Waals surface area (Å²) in [5.41, 5.74) is 7.45. The van der Waals surface area contributed by atoms with Gasteiger partial charge in [0, 0.05) is 18.2 Å². The van der Waals surface area contributed by atoms with Gasteiger partial charge in [-0.2, -0.15) is 0 Å². The van der Waals surface area contributed by atoms with Gasteiger partial charge in [-0.1, -0.05) is 6.92 Å². The van der Waals surface area contributed by atoms with Gasteiger partial charge in [0.05, 0.1) is 25.0 Å². The molecule has 5 unspecified atom stereocenters. The van der Waals surface area contributed by atoms with Crippen molar-refractivity contribution in [2.24, 2.45) is 17.6 Å². The summed E-state index contributed by atoms with van der Waals surface area (Å²) in [4.78, 5) is 4.22. The standard InChI is InChI=1S/C15H24N2O2/c1-5-18-13-6-12(7-17-8-13)15(16)14-9(2)10(3)19-11(14)4/h6-11,14-15H,5,16H2,1-4H3. The highest BCUT2D eigenvalue weighted by molar-refractivity contribution is 5.26. The van der Waals surface area contributed by atoms with Gasteiger partial charge in [0.25, 0.3) is 0 Å². The Morgan fingerprint density at radius 2 is 2.05 bits per heavy atom. The minimum Gasteiger partial charge on any atom is -0.492 e. The van der Waals surface area contributed by atoms with Gasteiger partial charge in [-0.15, -0.1) is 0 Å². The van der Waals surface area contributed by atoms with Gasteiger partial charge in [0.2, 0.25) is 0 Å². The molecule has 0 spiro atoms. The van der Waals surface area contributed by atoms with Crippen molar-refractivity contribution in [2.75, 3.05) is 6.61 Å². The van der Waals surface area contributed by atoms with Crippen LogP contribution in [0.5, 0.6) is 5.75 Å². The molecule has 2 heterocycles.